The minimum Gasteiger partial charge on any atom is -0.309 e. The Morgan fingerprint density at radius 3 is 1.57 bits per heavy atom. The van der Waals surface area contributed by atoms with E-state index in [1.54, 1.807) is 0 Å². The number of hydrogen-bond acceptors (Lipinski definition) is 4. The Kier molecular flexibility index (Phi) is 6.02. The van der Waals surface area contributed by atoms with Gasteiger partial charge in [0.1, 0.15) is 0 Å². The molecule has 11 rings (SSSR count). The van der Waals surface area contributed by atoms with Crippen molar-refractivity contribution in [3.63, 3.8) is 0 Å². The topological polar surface area (TPSA) is 61.4 Å². The first-order valence-electron chi connectivity index (χ1n) is 17.2. The molecule has 7 heteroatoms. The molecule has 4 aromatic heterocycles. The van der Waals surface area contributed by atoms with Gasteiger partial charge >= 0.3 is 0 Å². The van der Waals surface area contributed by atoms with Gasteiger partial charge in [0.2, 0.25) is 0 Å². The second kappa shape index (κ2) is 10.9. The zero-order valence-electron chi connectivity index (χ0n) is 27.4. The second-order valence-corrected chi connectivity index (χ2v) is 15.0. The molecule has 0 unspecified atom stereocenters. The lowest BCUT2D eigenvalue weighted by atomic mass is 10.0. The van der Waals surface area contributed by atoms with Crippen LogP contribution in [0.3, 0.4) is 0 Å². The van der Waals surface area contributed by atoms with E-state index < -0.39 is 9.52 Å². The molecule has 238 valence electrons. The third-order valence-electron chi connectivity index (χ3n) is 10.5. The summed E-state index contributed by atoms with van der Waals surface area (Å²) in [4.78, 5) is 4.76. The smallest absolute Gasteiger partial charge is 0.0973 e. The summed E-state index contributed by atoms with van der Waals surface area (Å²) in [5.41, 5.74) is 13.4. The van der Waals surface area contributed by atoms with Crippen LogP contribution in [0.1, 0.15) is 0 Å². The van der Waals surface area contributed by atoms with E-state index in [0.29, 0.717) is 0 Å². The van der Waals surface area contributed by atoms with Crippen LogP contribution in [-0.4, -0.2) is 39.0 Å². The average Bonchev–Trinajstić information content (AvgIpc) is 3.86. The van der Waals surface area contributed by atoms with Crippen LogP contribution in [0.25, 0.3) is 88.6 Å². The van der Waals surface area contributed by atoms with E-state index in [2.05, 4.69) is 165 Å². The molecule has 0 saturated heterocycles. The predicted molar refractivity (Wildman–Crippen MR) is 210 cm³/mol. The SMILES string of the molecule is c1ccc(-n2c3ccccc3c3cc(-c4cncc5c4[SiH2]c4c(-c6ccc7c(c6)c6ccccc6n7-c6ccccc6)nnnc4-5)ccc32)cc1. The third kappa shape index (κ3) is 4.16. The first kappa shape index (κ1) is 28.2. The van der Waals surface area contributed by atoms with Crippen molar-refractivity contribution in [2.75, 3.05) is 0 Å². The highest BCUT2D eigenvalue weighted by Gasteiger charge is 2.29. The Bertz CT molecular complexity index is 2800. The van der Waals surface area contributed by atoms with Gasteiger partial charge in [0.05, 0.1) is 43.0 Å². The normalized spacial score (nSPS) is 12.7. The van der Waals surface area contributed by atoms with E-state index in [9.17, 15) is 0 Å². The Hall–Kier alpha value is -6.70. The van der Waals surface area contributed by atoms with Crippen LogP contribution in [0.4, 0.5) is 0 Å². The highest BCUT2D eigenvalue weighted by Crippen LogP contribution is 2.37. The summed E-state index contributed by atoms with van der Waals surface area (Å²) in [7, 11) is -0.979. The molecule has 0 N–H and O–H groups in total. The van der Waals surface area contributed by atoms with Crippen LogP contribution < -0.4 is 10.4 Å². The van der Waals surface area contributed by atoms with E-state index in [-0.39, 0.29) is 0 Å². The van der Waals surface area contributed by atoms with E-state index in [1.165, 1.54) is 65.1 Å². The number of pyridine rings is 1. The summed E-state index contributed by atoms with van der Waals surface area (Å²) in [6.45, 7) is 0. The van der Waals surface area contributed by atoms with Crippen molar-refractivity contribution in [3.05, 3.63) is 158 Å². The zero-order valence-corrected chi connectivity index (χ0v) is 28.8. The molecule has 6 nitrogen and oxygen atoms in total. The first-order valence-corrected chi connectivity index (χ1v) is 18.6. The molecule has 0 aliphatic carbocycles. The second-order valence-electron chi connectivity index (χ2n) is 13.2. The Labute approximate surface area is 295 Å². The van der Waals surface area contributed by atoms with Crippen LogP contribution in [0.5, 0.6) is 0 Å². The summed E-state index contributed by atoms with van der Waals surface area (Å²) < 4.78 is 4.70. The minimum absolute atomic E-state index is 0.921. The van der Waals surface area contributed by atoms with Crippen molar-refractivity contribution in [1.82, 2.24) is 29.5 Å². The van der Waals surface area contributed by atoms with Crippen molar-refractivity contribution in [1.29, 1.82) is 0 Å². The van der Waals surface area contributed by atoms with Crippen LogP contribution >= 0.6 is 0 Å². The number of hydrogen-bond donors (Lipinski definition) is 0. The lowest BCUT2D eigenvalue weighted by Crippen LogP contribution is -2.26. The highest BCUT2D eigenvalue weighted by atomic mass is 28.2. The molecule has 1 aliphatic heterocycles. The number of fused-ring (bicyclic) bond motifs is 9. The molecule has 0 fully saturated rings. The van der Waals surface area contributed by atoms with Gasteiger partial charge < -0.3 is 9.13 Å². The van der Waals surface area contributed by atoms with Crippen molar-refractivity contribution < 1.29 is 0 Å². The average molecular weight is 669 g/mol. The molecule has 0 amide bonds. The zero-order chi connectivity index (χ0) is 33.5. The van der Waals surface area contributed by atoms with Gasteiger partial charge in [0.25, 0.3) is 0 Å². The molecule has 5 heterocycles. The van der Waals surface area contributed by atoms with Gasteiger partial charge in [-0.3, -0.25) is 4.98 Å². The van der Waals surface area contributed by atoms with Gasteiger partial charge in [-0.25, -0.2) is 0 Å². The largest absolute Gasteiger partial charge is 0.309 e. The lowest BCUT2D eigenvalue weighted by molar-refractivity contribution is 0.884. The summed E-state index contributed by atoms with van der Waals surface area (Å²) in [5, 5.41) is 21.1. The molecule has 0 saturated carbocycles. The maximum Gasteiger partial charge on any atom is 0.0973 e. The Morgan fingerprint density at radius 1 is 0.412 bits per heavy atom. The van der Waals surface area contributed by atoms with Crippen molar-refractivity contribution >= 4 is 63.5 Å². The maximum absolute atomic E-state index is 4.76. The number of nitrogens with zero attached hydrogens (tertiary/aromatic N) is 6. The number of para-hydroxylation sites is 4. The Morgan fingerprint density at radius 2 is 0.922 bits per heavy atom. The van der Waals surface area contributed by atoms with Crippen LogP contribution in [0, 0.1) is 0 Å². The number of rotatable bonds is 4. The summed E-state index contributed by atoms with van der Waals surface area (Å²) in [5.74, 6) is 0. The highest BCUT2D eigenvalue weighted by molar-refractivity contribution is 6.75. The molecule has 0 bridgehead atoms. The van der Waals surface area contributed by atoms with Gasteiger partial charge in [0.15, 0.2) is 0 Å². The molecule has 10 aromatic rings. The van der Waals surface area contributed by atoms with Crippen LogP contribution in [0.2, 0.25) is 0 Å². The van der Waals surface area contributed by atoms with Crippen molar-refractivity contribution in [2.45, 2.75) is 0 Å². The van der Waals surface area contributed by atoms with Gasteiger partial charge in [-0.2, -0.15) is 0 Å². The number of aromatic nitrogens is 6. The van der Waals surface area contributed by atoms with Crippen molar-refractivity contribution in [2.24, 2.45) is 0 Å². The molecular formula is C44H28N6Si. The summed E-state index contributed by atoms with van der Waals surface area (Å²) in [6, 6.07) is 52.0. The standard InChI is InChI=1S/C44H28N6Si/c1-3-11-29(12-4-1)49-37-17-9-7-15-31(37)33-23-27(19-21-39(33)49)35-25-45-26-36-42-44(51-43(35)36)41(46-48-47-42)28-20-22-40-34(24-28)32-16-8-10-18-38(32)50(40)30-13-5-2-6-14-30/h1-26H,51H2. The molecule has 51 heavy (non-hydrogen) atoms. The molecule has 6 aromatic carbocycles. The van der Waals surface area contributed by atoms with Gasteiger partial charge in [-0.1, -0.05) is 84.9 Å². The molecule has 1 aliphatic rings. The van der Waals surface area contributed by atoms with E-state index in [0.717, 1.165) is 33.9 Å². The monoisotopic (exact) mass is 668 g/mol. The van der Waals surface area contributed by atoms with E-state index in [1.807, 2.05) is 12.4 Å². The fourth-order valence-corrected chi connectivity index (χ4v) is 10.4. The van der Waals surface area contributed by atoms with Gasteiger partial charge in [0, 0.05) is 56.4 Å². The summed E-state index contributed by atoms with van der Waals surface area (Å²) >= 11 is 0. The Balaban J connectivity index is 1.04. The fourth-order valence-electron chi connectivity index (χ4n) is 8.24. The third-order valence-corrected chi connectivity index (χ3v) is 12.6. The summed E-state index contributed by atoms with van der Waals surface area (Å²) in [6.07, 6.45) is 3.99. The minimum atomic E-state index is -0.979. The first-order chi connectivity index (χ1) is 25.3. The fraction of sp³-hybridized carbons (Fsp3) is 0. The van der Waals surface area contributed by atoms with Crippen LogP contribution in [0.15, 0.2) is 158 Å². The molecule has 0 atom stereocenters. The predicted octanol–water partition coefficient (Wildman–Crippen LogP) is 7.89. The van der Waals surface area contributed by atoms with E-state index in [4.69, 9.17) is 10.1 Å². The van der Waals surface area contributed by atoms with E-state index >= 15 is 0 Å². The molecule has 0 spiro atoms. The van der Waals surface area contributed by atoms with Crippen LogP contribution in [-0.2, 0) is 0 Å². The van der Waals surface area contributed by atoms with Crippen molar-refractivity contribution in [3.8, 4) is 45.0 Å². The number of benzene rings is 6. The lowest BCUT2D eigenvalue weighted by Gasteiger charge is -2.10. The van der Waals surface area contributed by atoms with Gasteiger partial charge in [-0.05, 0) is 87.4 Å². The molecular weight excluding hydrogens is 641 g/mol. The quantitative estimate of drug-likeness (QED) is 0.179. The molecule has 0 radical (unpaired) electrons. The maximum atomic E-state index is 4.76. The van der Waals surface area contributed by atoms with Gasteiger partial charge in [-0.15, -0.1) is 10.2 Å².